The Hall–Kier alpha value is -2.84. The average Bonchev–Trinajstić information content (AvgIpc) is 3.17. The Morgan fingerprint density at radius 1 is 1.35 bits per heavy atom. The first kappa shape index (κ1) is 15.1. The fourth-order valence-electron chi connectivity index (χ4n) is 2.53. The largest absolute Gasteiger partial charge is 0.341 e. The van der Waals surface area contributed by atoms with Gasteiger partial charge in [0.25, 0.3) is 0 Å². The second-order valence-electron chi connectivity index (χ2n) is 5.27. The van der Waals surface area contributed by atoms with E-state index in [9.17, 15) is 19.3 Å². The highest BCUT2D eigenvalue weighted by Gasteiger charge is 2.24. The van der Waals surface area contributed by atoms with Crippen LogP contribution in [0.5, 0.6) is 0 Å². The van der Waals surface area contributed by atoms with Crippen LogP contribution in [-0.4, -0.2) is 43.6 Å². The first-order chi connectivity index (χ1) is 11.0. The van der Waals surface area contributed by atoms with E-state index in [-0.39, 0.29) is 29.5 Å². The zero-order chi connectivity index (χ0) is 16.4. The molecule has 3 heterocycles. The summed E-state index contributed by atoms with van der Waals surface area (Å²) in [4.78, 5) is 28.2. The molecule has 1 saturated heterocycles. The van der Waals surface area contributed by atoms with E-state index in [1.54, 1.807) is 4.90 Å². The number of rotatable bonds is 4. The van der Waals surface area contributed by atoms with Crippen molar-refractivity contribution in [2.45, 2.75) is 19.4 Å². The van der Waals surface area contributed by atoms with Gasteiger partial charge in [-0.1, -0.05) is 0 Å². The van der Waals surface area contributed by atoms with E-state index >= 15 is 0 Å². The molecule has 2 aromatic heterocycles. The lowest BCUT2D eigenvalue weighted by Gasteiger charge is -2.14. The van der Waals surface area contributed by atoms with Crippen molar-refractivity contribution in [1.82, 2.24) is 19.7 Å². The van der Waals surface area contributed by atoms with Gasteiger partial charge in [0.2, 0.25) is 5.91 Å². The number of carbonyl (C=O) groups excluding carboxylic acids is 1. The van der Waals surface area contributed by atoms with E-state index in [1.807, 2.05) is 0 Å². The predicted octanol–water partition coefficient (Wildman–Crippen LogP) is 1.61. The second-order valence-corrected chi connectivity index (χ2v) is 5.27. The van der Waals surface area contributed by atoms with Gasteiger partial charge in [0.15, 0.2) is 5.69 Å². The second kappa shape index (κ2) is 6.11. The van der Waals surface area contributed by atoms with Crippen LogP contribution in [0.3, 0.4) is 0 Å². The van der Waals surface area contributed by atoms with Crippen molar-refractivity contribution >= 4 is 11.6 Å². The Kier molecular flexibility index (Phi) is 4.00. The molecule has 120 valence electrons. The smallest absolute Gasteiger partial charge is 0.316 e. The summed E-state index contributed by atoms with van der Waals surface area (Å²) >= 11 is 0. The van der Waals surface area contributed by atoms with E-state index in [0.29, 0.717) is 13.1 Å². The molecule has 0 atom stereocenters. The molecule has 1 fully saturated rings. The maximum absolute atomic E-state index is 12.9. The molecule has 0 N–H and O–H groups in total. The lowest BCUT2D eigenvalue weighted by molar-refractivity contribution is -0.384. The highest BCUT2D eigenvalue weighted by atomic mass is 19.1. The third-order valence-corrected chi connectivity index (χ3v) is 3.67. The molecule has 1 amide bonds. The number of halogens is 1. The number of aromatic nitrogens is 3. The number of likely N-dealkylation sites (tertiary alicyclic amines) is 1. The molecule has 2 aromatic rings. The minimum absolute atomic E-state index is 0.0178. The lowest BCUT2D eigenvalue weighted by Crippen LogP contribution is -2.31. The van der Waals surface area contributed by atoms with Crippen molar-refractivity contribution in [2.75, 3.05) is 13.1 Å². The monoisotopic (exact) mass is 319 g/mol. The van der Waals surface area contributed by atoms with Gasteiger partial charge in [-0.25, -0.2) is 4.39 Å². The first-order valence-electron chi connectivity index (χ1n) is 7.16. The summed E-state index contributed by atoms with van der Waals surface area (Å²) in [6, 6.07) is 2.47. The Morgan fingerprint density at radius 2 is 2.09 bits per heavy atom. The number of hydrogen-bond acceptors (Lipinski definition) is 5. The molecule has 8 nitrogen and oxygen atoms in total. The van der Waals surface area contributed by atoms with Crippen LogP contribution in [0.4, 0.5) is 10.1 Å². The summed E-state index contributed by atoms with van der Waals surface area (Å²) < 4.78 is 14.2. The Labute approximate surface area is 130 Å². The normalized spacial score (nSPS) is 14.2. The van der Waals surface area contributed by atoms with Crippen LogP contribution < -0.4 is 0 Å². The van der Waals surface area contributed by atoms with Gasteiger partial charge in [0, 0.05) is 13.1 Å². The van der Waals surface area contributed by atoms with E-state index < -0.39 is 10.7 Å². The highest BCUT2D eigenvalue weighted by Crippen LogP contribution is 2.26. The number of amides is 1. The predicted molar refractivity (Wildman–Crippen MR) is 77.9 cm³/mol. The summed E-state index contributed by atoms with van der Waals surface area (Å²) in [6.07, 6.45) is 4.10. The van der Waals surface area contributed by atoms with Gasteiger partial charge in [-0.3, -0.25) is 24.6 Å². The first-order valence-corrected chi connectivity index (χ1v) is 7.16. The standard InChI is InChI=1S/C14H14FN5O3/c15-10-3-4-11(16-7-10)14-12(20(22)23)8-19(17-14)9-13(21)18-5-1-2-6-18/h3-4,7-8H,1-2,5-6,9H2. The van der Waals surface area contributed by atoms with Crippen LogP contribution in [-0.2, 0) is 11.3 Å². The van der Waals surface area contributed by atoms with Crippen LogP contribution in [0.25, 0.3) is 11.4 Å². The van der Waals surface area contributed by atoms with E-state index in [1.165, 1.54) is 16.9 Å². The Bertz CT molecular complexity index is 737. The third kappa shape index (κ3) is 3.17. The molecule has 0 spiro atoms. The van der Waals surface area contributed by atoms with Gasteiger partial charge in [-0.2, -0.15) is 5.10 Å². The number of nitro groups is 1. The minimum atomic E-state index is -0.593. The van der Waals surface area contributed by atoms with Crippen molar-refractivity contribution in [3.8, 4) is 11.4 Å². The van der Waals surface area contributed by atoms with Crippen LogP contribution in [0, 0.1) is 15.9 Å². The van der Waals surface area contributed by atoms with Gasteiger partial charge in [-0.05, 0) is 25.0 Å². The number of nitrogens with zero attached hydrogens (tertiary/aromatic N) is 5. The van der Waals surface area contributed by atoms with Crippen LogP contribution in [0.2, 0.25) is 0 Å². The van der Waals surface area contributed by atoms with Gasteiger partial charge in [0.05, 0.1) is 16.8 Å². The van der Waals surface area contributed by atoms with Crippen LogP contribution in [0.15, 0.2) is 24.5 Å². The van der Waals surface area contributed by atoms with Gasteiger partial charge in [0.1, 0.15) is 18.6 Å². The summed E-state index contributed by atoms with van der Waals surface area (Å²) in [6.45, 7) is 1.34. The number of hydrogen-bond donors (Lipinski definition) is 0. The molecular formula is C14H14FN5O3. The summed E-state index contributed by atoms with van der Waals surface area (Å²) in [5.74, 6) is -0.668. The fraction of sp³-hybridized carbons (Fsp3) is 0.357. The summed E-state index contributed by atoms with van der Waals surface area (Å²) in [5, 5.41) is 15.3. The van der Waals surface area contributed by atoms with E-state index in [2.05, 4.69) is 10.1 Å². The Balaban J connectivity index is 1.87. The Morgan fingerprint density at radius 3 is 2.70 bits per heavy atom. The lowest BCUT2D eigenvalue weighted by atomic mass is 10.2. The van der Waals surface area contributed by atoms with Crippen LogP contribution >= 0.6 is 0 Å². The molecule has 0 saturated carbocycles. The van der Waals surface area contributed by atoms with Crippen molar-refractivity contribution in [1.29, 1.82) is 0 Å². The molecule has 23 heavy (non-hydrogen) atoms. The maximum Gasteiger partial charge on any atom is 0.316 e. The molecule has 1 aliphatic rings. The zero-order valence-corrected chi connectivity index (χ0v) is 12.2. The summed E-state index contributed by atoms with van der Waals surface area (Å²) in [7, 11) is 0. The van der Waals surface area contributed by atoms with Crippen molar-refractivity contribution < 1.29 is 14.1 Å². The third-order valence-electron chi connectivity index (χ3n) is 3.67. The van der Waals surface area contributed by atoms with E-state index in [4.69, 9.17) is 0 Å². The molecule has 0 aromatic carbocycles. The molecule has 0 bridgehead atoms. The van der Waals surface area contributed by atoms with Gasteiger partial charge in [-0.15, -0.1) is 0 Å². The van der Waals surface area contributed by atoms with E-state index in [0.717, 1.165) is 25.1 Å². The number of pyridine rings is 1. The minimum Gasteiger partial charge on any atom is -0.341 e. The maximum atomic E-state index is 12.9. The average molecular weight is 319 g/mol. The van der Waals surface area contributed by atoms with Crippen molar-refractivity contribution in [3.63, 3.8) is 0 Å². The van der Waals surface area contributed by atoms with Gasteiger partial charge >= 0.3 is 5.69 Å². The molecule has 0 radical (unpaired) electrons. The molecule has 3 rings (SSSR count). The topological polar surface area (TPSA) is 94.2 Å². The summed E-state index contributed by atoms with van der Waals surface area (Å²) in [5.41, 5.74) is -0.0620. The molecule has 1 aliphatic heterocycles. The van der Waals surface area contributed by atoms with Crippen molar-refractivity contribution in [3.05, 3.63) is 40.5 Å². The molecule has 0 unspecified atom stereocenters. The van der Waals surface area contributed by atoms with Crippen molar-refractivity contribution in [2.24, 2.45) is 0 Å². The molecular weight excluding hydrogens is 305 g/mol. The van der Waals surface area contributed by atoms with Crippen LogP contribution in [0.1, 0.15) is 12.8 Å². The van der Waals surface area contributed by atoms with Gasteiger partial charge < -0.3 is 4.90 Å². The zero-order valence-electron chi connectivity index (χ0n) is 12.2. The SMILES string of the molecule is O=C(Cn1cc([N+](=O)[O-])c(-c2ccc(F)cn2)n1)N1CCCC1. The molecule has 9 heteroatoms. The fourth-order valence-corrected chi connectivity index (χ4v) is 2.53. The molecule has 0 aliphatic carbocycles. The number of carbonyl (C=O) groups is 1. The quantitative estimate of drug-likeness (QED) is 0.630. The highest BCUT2D eigenvalue weighted by molar-refractivity contribution is 5.76.